The van der Waals surface area contributed by atoms with E-state index in [9.17, 15) is 4.79 Å². The van der Waals surface area contributed by atoms with Crippen LogP contribution < -0.4 is 5.73 Å². The van der Waals surface area contributed by atoms with Gasteiger partial charge in [0.05, 0.1) is 16.7 Å². The van der Waals surface area contributed by atoms with E-state index < -0.39 is 0 Å². The van der Waals surface area contributed by atoms with Gasteiger partial charge in [-0.2, -0.15) is 5.10 Å². The van der Waals surface area contributed by atoms with Gasteiger partial charge in [0.15, 0.2) is 0 Å². The third-order valence-electron chi connectivity index (χ3n) is 2.51. The molecular weight excluding hydrogens is 224 g/mol. The van der Waals surface area contributed by atoms with Crippen molar-refractivity contribution < 1.29 is 4.79 Å². The zero-order valence-corrected chi connectivity index (χ0v) is 10.5. The summed E-state index contributed by atoms with van der Waals surface area (Å²) in [6.07, 6.45) is 2.12. The first-order chi connectivity index (χ1) is 7.43. The molecule has 0 spiro atoms. The van der Waals surface area contributed by atoms with Gasteiger partial charge in [-0.1, -0.05) is 12.2 Å². The van der Waals surface area contributed by atoms with Crippen LogP contribution in [-0.4, -0.2) is 39.2 Å². The standard InChI is InChI=1S/C10H16N4OS/c1-7-8(6-12-14(7)3)10(15)13(2)5-4-9(11)16/h6H,4-5H2,1-3H3,(H2,11,16). The van der Waals surface area contributed by atoms with Crippen LogP contribution in [0.2, 0.25) is 0 Å². The molecule has 1 rings (SSSR count). The molecular formula is C10H16N4OS. The lowest BCUT2D eigenvalue weighted by Crippen LogP contribution is -2.30. The van der Waals surface area contributed by atoms with E-state index in [0.717, 1.165) is 5.69 Å². The largest absolute Gasteiger partial charge is 0.393 e. The number of nitrogens with zero attached hydrogens (tertiary/aromatic N) is 3. The van der Waals surface area contributed by atoms with E-state index in [4.69, 9.17) is 18.0 Å². The number of aromatic nitrogens is 2. The minimum Gasteiger partial charge on any atom is -0.393 e. The van der Waals surface area contributed by atoms with Gasteiger partial charge in [-0.15, -0.1) is 0 Å². The molecule has 0 aromatic carbocycles. The number of thiocarbonyl (C=S) groups is 1. The molecule has 0 saturated heterocycles. The summed E-state index contributed by atoms with van der Waals surface area (Å²) < 4.78 is 1.68. The normalized spacial score (nSPS) is 10.2. The van der Waals surface area contributed by atoms with Crippen molar-refractivity contribution in [3.63, 3.8) is 0 Å². The number of carbonyl (C=O) groups excluding carboxylic acids is 1. The zero-order valence-electron chi connectivity index (χ0n) is 9.73. The Hall–Kier alpha value is -1.43. The first-order valence-electron chi connectivity index (χ1n) is 4.96. The minimum atomic E-state index is -0.0538. The summed E-state index contributed by atoms with van der Waals surface area (Å²) in [7, 11) is 3.54. The van der Waals surface area contributed by atoms with E-state index in [0.29, 0.717) is 23.5 Å². The van der Waals surface area contributed by atoms with Crippen molar-refractivity contribution in [1.82, 2.24) is 14.7 Å². The van der Waals surface area contributed by atoms with Gasteiger partial charge >= 0.3 is 0 Å². The van der Waals surface area contributed by atoms with Crippen molar-refractivity contribution >= 4 is 23.1 Å². The lowest BCUT2D eigenvalue weighted by molar-refractivity contribution is 0.0798. The fourth-order valence-electron chi connectivity index (χ4n) is 1.29. The predicted octanol–water partition coefficient (Wildman–Crippen LogP) is 0.477. The molecule has 1 heterocycles. The van der Waals surface area contributed by atoms with E-state index in [2.05, 4.69) is 5.10 Å². The van der Waals surface area contributed by atoms with Gasteiger partial charge in [-0.3, -0.25) is 9.48 Å². The highest BCUT2D eigenvalue weighted by molar-refractivity contribution is 7.80. The third-order valence-corrected chi connectivity index (χ3v) is 2.71. The molecule has 0 atom stereocenters. The second kappa shape index (κ2) is 5.07. The van der Waals surface area contributed by atoms with Gasteiger partial charge in [0.25, 0.3) is 5.91 Å². The molecule has 1 aromatic rings. The summed E-state index contributed by atoms with van der Waals surface area (Å²) in [6.45, 7) is 2.39. The van der Waals surface area contributed by atoms with Crippen molar-refractivity contribution in [2.24, 2.45) is 12.8 Å². The van der Waals surface area contributed by atoms with Crippen molar-refractivity contribution in [3.8, 4) is 0 Å². The molecule has 1 aromatic heterocycles. The highest BCUT2D eigenvalue weighted by Gasteiger charge is 2.16. The monoisotopic (exact) mass is 240 g/mol. The van der Waals surface area contributed by atoms with Gasteiger partial charge in [0, 0.05) is 32.8 Å². The second-order valence-corrected chi connectivity index (χ2v) is 4.23. The molecule has 0 aliphatic carbocycles. The summed E-state index contributed by atoms with van der Waals surface area (Å²) in [5.41, 5.74) is 6.86. The summed E-state index contributed by atoms with van der Waals surface area (Å²) in [4.78, 5) is 14.0. The summed E-state index contributed by atoms with van der Waals surface area (Å²) in [6, 6.07) is 0. The average molecular weight is 240 g/mol. The molecule has 6 heteroatoms. The second-order valence-electron chi connectivity index (χ2n) is 3.71. The van der Waals surface area contributed by atoms with Crippen LogP contribution in [0, 0.1) is 6.92 Å². The van der Waals surface area contributed by atoms with Crippen molar-refractivity contribution in [2.45, 2.75) is 13.3 Å². The quantitative estimate of drug-likeness (QED) is 0.777. The number of rotatable bonds is 4. The molecule has 88 valence electrons. The summed E-state index contributed by atoms with van der Waals surface area (Å²) in [5, 5.41) is 4.03. The predicted molar refractivity (Wildman–Crippen MR) is 66.3 cm³/mol. The van der Waals surface area contributed by atoms with E-state index in [1.54, 1.807) is 29.9 Å². The lowest BCUT2D eigenvalue weighted by atomic mass is 10.2. The van der Waals surface area contributed by atoms with Gasteiger partial charge in [-0.05, 0) is 6.92 Å². The molecule has 0 bridgehead atoms. The zero-order chi connectivity index (χ0) is 12.3. The van der Waals surface area contributed by atoms with E-state index >= 15 is 0 Å². The van der Waals surface area contributed by atoms with Crippen molar-refractivity contribution in [2.75, 3.05) is 13.6 Å². The fourth-order valence-corrected chi connectivity index (χ4v) is 1.39. The molecule has 0 fully saturated rings. The van der Waals surface area contributed by atoms with Crippen molar-refractivity contribution in [1.29, 1.82) is 0 Å². The summed E-state index contributed by atoms with van der Waals surface area (Å²) >= 11 is 4.77. The Bertz CT molecular complexity index is 413. The fraction of sp³-hybridized carbons (Fsp3) is 0.500. The van der Waals surface area contributed by atoms with Gasteiger partial charge in [0.2, 0.25) is 0 Å². The number of hydrogen-bond acceptors (Lipinski definition) is 3. The number of carbonyl (C=O) groups is 1. The van der Waals surface area contributed by atoms with Crippen LogP contribution in [0.5, 0.6) is 0 Å². The smallest absolute Gasteiger partial charge is 0.257 e. The molecule has 16 heavy (non-hydrogen) atoms. The Morgan fingerprint density at radius 1 is 1.69 bits per heavy atom. The van der Waals surface area contributed by atoms with Crippen LogP contribution in [0.15, 0.2) is 6.20 Å². The molecule has 5 nitrogen and oxygen atoms in total. The number of aryl methyl sites for hydroxylation is 1. The minimum absolute atomic E-state index is 0.0538. The number of amides is 1. The Morgan fingerprint density at radius 2 is 2.31 bits per heavy atom. The maximum atomic E-state index is 12.0. The third kappa shape index (κ3) is 2.79. The molecule has 2 N–H and O–H groups in total. The molecule has 1 amide bonds. The Kier molecular flexibility index (Phi) is 4.00. The molecule has 0 aliphatic rings. The first-order valence-corrected chi connectivity index (χ1v) is 5.36. The maximum Gasteiger partial charge on any atom is 0.257 e. The topological polar surface area (TPSA) is 64.2 Å². The molecule has 0 aliphatic heterocycles. The highest BCUT2D eigenvalue weighted by atomic mass is 32.1. The van der Waals surface area contributed by atoms with Crippen LogP contribution in [-0.2, 0) is 7.05 Å². The number of nitrogens with two attached hydrogens (primary N) is 1. The Labute approximate surface area is 100 Å². The molecule has 0 radical (unpaired) electrons. The van der Waals surface area contributed by atoms with Crippen molar-refractivity contribution in [3.05, 3.63) is 17.5 Å². The van der Waals surface area contributed by atoms with E-state index in [1.165, 1.54) is 0 Å². The lowest BCUT2D eigenvalue weighted by Gasteiger charge is -2.16. The van der Waals surface area contributed by atoms with E-state index in [1.807, 2.05) is 6.92 Å². The number of hydrogen-bond donors (Lipinski definition) is 1. The van der Waals surface area contributed by atoms with Crippen LogP contribution in [0.25, 0.3) is 0 Å². The van der Waals surface area contributed by atoms with Gasteiger partial charge in [0.1, 0.15) is 0 Å². The highest BCUT2D eigenvalue weighted by Crippen LogP contribution is 2.08. The Balaban J connectivity index is 2.71. The van der Waals surface area contributed by atoms with Crippen LogP contribution in [0.3, 0.4) is 0 Å². The first kappa shape index (κ1) is 12.6. The van der Waals surface area contributed by atoms with Gasteiger partial charge < -0.3 is 10.6 Å². The summed E-state index contributed by atoms with van der Waals surface area (Å²) in [5.74, 6) is -0.0538. The Morgan fingerprint density at radius 3 is 2.75 bits per heavy atom. The molecule has 0 saturated carbocycles. The van der Waals surface area contributed by atoms with Crippen LogP contribution >= 0.6 is 12.2 Å². The van der Waals surface area contributed by atoms with Crippen LogP contribution in [0.4, 0.5) is 0 Å². The maximum absolute atomic E-state index is 12.0. The van der Waals surface area contributed by atoms with Crippen LogP contribution in [0.1, 0.15) is 22.5 Å². The average Bonchev–Trinajstić information content (AvgIpc) is 2.55. The van der Waals surface area contributed by atoms with E-state index in [-0.39, 0.29) is 5.91 Å². The molecule has 0 unspecified atom stereocenters. The van der Waals surface area contributed by atoms with Gasteiger partial charge in [-0.25, -0.2) is 0 Å². The SMILES string of the molecule is Cc1c(C(=O)N(C)CCC(N)=S)cnn1C.